The molecule has 0 fully saturated rings. The average Bonchev–Trinajstić information content (AvgIpc) is 2.55. The van der Waals surface area contributed by atoms with E-state index in [1.807, 2.05) is 17.5 Å². The number of anilines is 1. The van der Waals surface area contributed by atoms with Gasteiger partial charge in [-0.05, 0) is 28.1 Å². The van der Waals surface area contributed by atoms with E-state index in [1.54, 1.807) is 11.3 Å². The summed E-state index contributed by atoms with van der Waals surface area (Å²) in [6, 6.07) is 5.91. The summed E-state index contributed by atoms with van der Waals surface area (Å²) in [6.45, 7) is 0. The molecule has 0 saturated carbocycles. The minimum absolute atomic E-state index is 0.669. The summed E-state index contributed by atoms with van der Waals surface area (Å²) in [4.78, 5) is 0. The van der Waals surface area contributed by atoms with E-state index in [0.29, 0.717) is 11.3 Å². The Hall–Kier alpha value is -1.05. The van der Waals surface area contributed by atoms with Crippen LogP contribution < -0.4 is 5.73 Å². The van der Waals surface area contributed by atoms with E-state index in [9.17, 15) is 0 Å². The predicted octanol–water partition coefficient (Wildman–Crippen LogP) is 3.12. The zero-order valence-corrected chi connectivity index (χ0v) is 8.95. The van der Waals surface area contributed by atoms with Crippen LogP contribution in [0.5, 0.6) is 0 Å². The molecule has 0 bridgehead atoms. The van der Waals surface area contributed by atoms with Crippen molar-refractivity contribution in [2.24, 2.45) is 0 Å². The fourth-order valence-electron chi connectivity index (χ4n) is 1.19. The average molecular weight is 253 g/mol. The van der Waals surface area contributed by atoms with Gasteiger partial charge >= 0.3 is 0 Å². The largest absolute Gasteiger partial charge is 0.398 e. The van der Waals surface area contributed by atoms with Crippen molar-refractivity contribution in [3.8, 4) is 6.07 Å². The number of nitriles is 1. The summed E-state index contributed by atoms with van der Waals surface area (Å²) in [5.41, 5.74) is 7.07. The van der Waals surface area contributed by atoms with Gasteiger partial charge in [0.2, 0.25) is 0 Å². The molecule has 0 aliphatic heterocycles. The Morgan fingerprint density at radius 1 is 1.46 bits per heavy atom. The lowest BCUT2D eigenvalue weighted by atomic mass is 10.2. The van der Waals surface area contributed by atoms with Gasteiger partial charge in [-0.1, -0.05) is 0 Å². The number of rotatable bonds is 0. The Kier molecular flexibility index (Phi) is 1.98. The Balaban J connectivity index is 2.95. The van der Waals surface area contributed by atoms with E-state index in [1.165, 1.54) is 0 Å². The van der Waals surface area contributed by atoms with Gasteiger partial charge in [-0.3, -0.25) is 0 Å². The van der Waals surface area contributed by atoms with Crippen molar-refractivity contribution < 1.29 is 0 Å². The Bertz CT molecular complexity index is 510. The second-order valence-corrected chi connectivity index (χ2v) is 4.31. The van der Waals surface area contributed by atoms with Crippen molar-refractivity contribution in [2.45, 2.75) is 0 Å². The summed E-state index contributed by atoms with van der Waals surface area (Å²) >= 11 is 4.94. The number of nitrogens with two attached hydrogens (primary N) is 1. The molecule has 1 aromatic carbocycles. The molecule has 0 saturated heterocycles. The maximum Gasteiger partial charge on any atom is 0.101 e. The number of benzene rings is 1. The van der Waals surface area contributed by atoms with Crippen LogP contribution in [0.25, 0.3) is 10.1 Å². The quantitative estimate of drug-likeness (QED) is 0.733. The van der Waals surface area contributed by atoms with Crippen molar-refractivity contribution in [1.29, 1.82) is 5.26 Å². The third kappa shape index (κ3) is 1.21. The molecule has 2 nitrogen and oxygen atoms in total. The molecule has 1 aromatic heterocycles. The molecule has 4 heteroatoms. The number of fused-ring (bicyclic) bond motifs is 1. The molecule has 0 radical (unpaired) electrons. The molecule has 0 amide bonds. The maximum absolute atomic E-state index is 8.83. The van der Waals surface area contributed by atoms with Crippen LogP contribution in [0.4, 0.5) is 5.69 Å². The molecular weight excluding hydrogens is 248 g/mol. The highest BCUT2D eigenvalue weighted by Gasteiger charge is 2.08. The number of nitrogens with zero attached hydrogens (tertiary/aromatic N) is 1. The summed E-state index contributed by atoms with van der Waals surface area (Å²) in [5.74, 6) is 0. The molecular formula is C9H5BrN2S. The van der Waals surface area contributed by atoms with Crippen LogP contribution in [0.1, 0.15) is 5.56 Å². The molecule has 0 atom stereocenters. The lowest BCUT2D eigenvalue weighted by molar-refractivity contribution is 1.51. The first-order chi connectivity index (χ1) is 6.24. The van der Waals surface area contributed by atoms with Gasteiger partial charge in [0, 0.05) is 21.2 Å². The summed E-state index contributed by atoms with van der Waals surface area (Å²) in [6.07, 6.45) is 0. The van der Waals surface area contributed by atoms with Crippen LogP contribution in [0.3, 0.4) is 0 Å². The van der Waals surface area contributed by atoms with Gasteiger partial charge in [-0.15, -0.1) is 11.3 Å². The first-order valence-corrected chi connectivity index (χ1v) is 5.26. The number of hydrogen-bond donors (Lipinski definition) is 1. The molecule has 64 valence electrons. The monoisotopic (exact) mass is 252 g/mol. The second kappa shape index (κ2) is 3.02. The molecule has 2 rings (SSSR count). The molecule has 2 N–H and O–H groups in total. The van der Waals surface area contributed by atoms with Gasteiger partial charge in [0.1, 0.15) is 6.07 Å². The summed E-state index contributed by atoms with van der Waals surface area (Å²) in [5, 5.41) is 11.6. The maximum atomic E-state index is 8.83. The van der Waals surface area contributed by atoms with Gasteiger partial charge < -0.3 is 5.73 Å². The Morgan fingerprint density at radius 3 is 2.92 bits per heavy atom. The van der Waals surface area contributed by atoms with Crippen molar-refractivity contribution in [1.82, 2.24) is 0 Å². The van der Waals surface area contributed by atoms with Crippen LogP contribution in [0, 0.1) is 11.3 Å². The minimum atomic E-state index is 0.669. The van der Waals surface area contributed by atoms with Crippen molar-refractivity contribution in [3.63, 3.8) is 0 Å². The zero-order chi connectivity index (χ0) is 9.42. The molecule has 0 unspecified atom stereocenters. The highest BCUT2D eigenvalue weighted by molar-refractivity contribution is 9.10. The third-order valence-corrected chi connectivity index (χ3v) is 3.63. The van der Waals surface area contributed by atoms with E-state index >= 15 is 0 Å². The molecule has 1 heterocycles. The first-order valence-electron chi connectivity index (χ1n) is 3.59. The van der Waals surface area contributed by atoms with Crippen molar-refractivity contribution >= 4 is 43.0 Å². The van der Waals surface area contributed by atoms with E-state index in [-0.39, 0.29) is 0 Å². The number of hydrogen-bond acceptors (Lipinski definition) is 3. The van der Waals surface area contributed by atoms with Gasteiger partial charge in [-0.2, -0.15) is 5.26 Å². The SMILES string of the molecule is N#Cc1csc2ccc(N)c(Br)c12. The summed E-state index contributed by atoms with van der Waals surface area (Å²) in [7, 11) is 0. The fraction of sp³-hybridized carbons (Fsp3) is 0. The molecule has 2 aromatic rings. The molecule has 0 spiro atoms. The standard InChI is InChI=1S/C9H5BrN2S/c10-9-6(12)1-2-7-8(9)5(3-11)4-13-7/h1-2,4H,12H2. The van der Waals surface area contributed by atoms with E-state index in [2.05, 4.69) is 22.0 Å². The predicted molar refractivity (Wildman–Crippen MR) is 58.7 cm³/mol. The van der Waals surface area contributed by atoms with Gasteiger partial charge in [-0.25, -0.2) is 0 Å². The van der Waals surface area contributed by atoms with E-state index in [0.717, 1.165) is 14.6 Å². The molecule has 13 heavy (non-hydrogen) atoms. The number of nitrogen functional groups attached to an aromatic ring is 1. The lowest BCUT2D eigenvalue weighted by Gasteiger charge is -1.98. The number of halogens is 1. The van der Waals surface area contributed by atoms with Gasteiger partial charge in [0.05, 0.1) is 10.0 Å². The molecule has 0 aliphatic rings. The highest BCUT2D eigenvalue weighted by Crippen LogP contribution is 2.35. The van der Waals surface area contributed by atoms with Crippen molar-refractivity contribution in [2.75, 3.05) is 5.73 Å². The van der Waals surface area contributed by atoms with Gasteiger partial charge in [0.25, 0.3) is 0 Å². The normalized spacial score (nSPS) is 10.2. The van der Waals surface area contributed by atoms with E-state index in [4.69, 9.17) is 11.0 Å². The van der Waals surface area contributed by atoms with Crippen LogP contribution in [0.15, 0.2) is 22.0 Å². The highest BCUT2D eigenvalue weighted by atomic mass is 79.9. The van der Waals surface area contributed by atoms with Crippen LogP contribution in [0.2, 0.25) is 0 Å². The van der Waals surface area contributed by atoms with Crippen LogP contribution in [-0.2, 0) is 0 Å². The summed E-state index contributed by atoms with van der Waals surface area (Å²) < 4.78 is 1.90. The topological polar surface area (TPSA) is 49.8 Å². The fourth-order valence-corrected chi connectivity index (χ4v) is 2.77. The van der Waals surface area contributed by atoms with Gasteiger partial charge in [0.15, 0.2) is 0 Å². The molecule has 0 aliphatic carbocycles. The Labute approximate surface area is 87.7 Å². The first kappa shape index (κ1) is 8.54. The third-order valence-electron chi connectivity index (χ3n) is 1.83. The van der Waals surface area contributed by atoms with E-state index < -0.39 is 0 Å². The second-order valence-electron chi connectivity index (χ2n) is 2.60. The van der Waals surface area contributed by atoms with Crippen LogP contribution in [-0.4, -0.2) is 0 Å². The zero-order valence-electron chi connectivity index (χ0n) is 6.54. The van der Waals surface area contributed by atoms with Crippen molar-refractivity contribution in [3.05, 3.63) is 27.5 Å². The smallest absolute Gasteiger partial charge is 0.101 e. The Morgan fingerprint density at radius 2 is 2.23 bits per heavy atom. The lowest BCUT2D eigenvalue weighted by Crippen LogP contribution is -1.86. The van der Waals surface area contributed by atoms with Crippen LogP contribution >= 0.6 is 27.3 Å². The number of thiophene rings is 1. The minimum Gasteiger partial charge on any atom is -0.398 e.